The maximum Gasteiger partial charge on any atom is 0.227 e. The molecule has 0 amide bonds. The van der Waals surface area contributed by atoms with Crippen molar-refractivity contribution in [3.8, 4) is 17.2 Å². The summed E-state index contributed by atoms with van der Waals surface area (Å²) < 4.78 is 11.2. The van der Waals surface area contributed by atoms with Crippen molar-refractivity contribution in [1.29, 1.82) is 0 Å². The zero-order valence-corrected chi connectivity index (χ0v) is 12.2. The van der Waals surface area contributed by atoms with Gasteiger partial charge in [-0.25, -0.2) is 4.98 Å². The molecule has 0 aliphatic rings. The quantitative estimate of drug-likeness (QED) is 0.689. The Bertz CT molecular complexity index is 787. The molecule has 20 heavy (non-hydrogen) atoms. The van der Waals surface area contributed by atoms with Crippen molar-refractivity contribution in [2.45, 2.75) is 20.8 Å². The standard InChI is InChI=1S/C17H17NO2/c1-10-8-11(2)16-15(12(10)3)18-17(20-16)13-6-5-7-14(9-13)19-4/h5-9H,1-4H3. The molecule has 0 atom stereocenters. The molecule has 1 heterocycles. The first-order valence-corrected chi connectivity index (χ1v) is 6.62. The third kappa shape index (κ3) is 1.95. The van der Waals surface area contributed by atoms with Crippen molar-refractivity contribution in [2.24, 2.45) is 0 Å². The minimum absolute atomic E-state index is 0.635. The zero-order valence-electron chi connectivity index (χ0n) is 12.2. The minimum Gasteiger partial charge on any atom is -0.497 e. The second-order valence-electron chi connectivity index (χ2n) is 5.06. The average molecular weight is 267 g/mol. The van der Waals surface area contributed by atoms with E-state index in [4.69, 9.17) is 9.15 Å². The highest BCUT2D eigenvalue weighted by Crippen LogP contribution is 2.31. The molecular weight excluding hydrogens is 250 g/mol. The van der Waals surface area contributed by atoms with Crippen LogP contribution in [0, 0.1) is 20.8 Å². The third-order valence-corrected chi connectivity index (χ3v) is 3.68. The highest BCUT2D eigenvalue weighted by Gasteiger charge is 2.14. The Labute approximate surface area is 118 Å². The maximum absolute atomic E-state index is 5.95. The summed E-state index contributed by atoms with van der Waals surface area (Å²) in [5, 5.41) is 0. The van der Waals surface area contributed by atoms with E-state index in [1.165, 1.54) is 11.1 Å². The normalized spacial score (nSPS) is 11.0. The summed E-state index contributed by atoms with van der Waals surface area (Å²) in [7, 11) is 1.66. The lowest BCUT2D eigenvalue weighted by Crippen LogP contribution is -1.86. The molecule has 3 aromatic rings. The van der Waals surface area contributed by atoms with E-state index in [1.54, 1.807) is 7.11 Å². The minimum atomic E-state index is 0.635. The number of aromatic nitrogens is 1. The number of fused-ring (bicyclic) bond motifs is 1. The molecule has 3 heteroatoms. The summed E-state index contributed by atoms with van der Waals surface area (Å²) >= 11 is 0. The van der Waals surface area contributed by atoms with E-state index in [-0.39, 0.29) is 0 Å². The van der Waals surface area contributed by atoms with Gasteiger partial charge >= 0.3 is 0 Å². The molecule has 0 N–H and O–H groups in total. The molecule has 0 bridgehead atoms. The molecule has 102 valence electrons. The van der Waals surface area contributed by atoms with Crippen LogP contribution in [0.5, 0.6) is 5.75 Å². The van der Waals surface area contributed by atoms with Crippen LogP contribution in [0.2, 0.25) is 0 Å². The van der Waals surface area contributed by atoms with E-state index in [1.807, 2.05) is 24.3 Å². The van der Waals surface area contributed by atoms with E-state index < -0.39 is 0 Å². The monoisotopic (exact) mass is 267 g/mol. The van der Waals surface area contributed by atoms with Crippen molar-refractivity contribution in [2.75, 3.05) is 7.11 Å². The van der Waals surface area contributed by atoms with Crippen molar-refractivity contribution in [1.82, 2.24) is 4.98 Å². The van der Waals surface area contributed by atoms with Crippen molar-refractivity contribution in [3.05, 3.63) is 47.0 Å². The SMILES string of the molecule is COc1cccc(-c2nc3c(C)c(C)cc(C)c3o2)c1. The van der Waals surface area contributed by atoms with Crippen LogP contribution in [0.3, 0.4) is 0 Å². The number of hydrogen-bond donors (Lipinski definition) is 0. The molecule has 2 aromatic carbocycles. The number of hydrogen-bond acceptors (Lipinski definition) is 3. The van der Waals surface area contributed by atoms with Gasteiger partial charge in [-0.3, -0.25) is 0 Å². The first kappa shape index (κ1) is 12.7. The number of benzene rings is 2. The number of methoxy groups -OCH3 is 1. The van der Waals surface area contributed by atoms with Crippen molar-refractivity contribution >= 4 is 11.1 Å². The van der Waals surface area contributed by atoms with Gasteiger partial charge in [0.05, 0.1) is 7.11 Å². The van der Waals surface area contributed by atoms with Gasteiger partial charge in [-0.05, 0) is 55.7 Å². The number of nitrogens with zero attached hydrogens (tertiary/aromatic N) is 1. The Balaban J connectivity index is 2.22. The van der Waals surface area contributed by atoms with E-state index in [9.17, 15) is 0 Å². The fourth-order valence-corrected chi connectivity index (χ4v) is 2.41. The topological polar surface area (TPSA) is 35.3 Å². The Morgan fingerprint density at radius 3 is 2.60 bits per heavy atom. The van der Waals surface area contributed by atoms with Gasteiger partial charge in [-0.15, -0.1) is 0 Å². The second-order valence-corrected chi connectivity index (χ2v) is 5.06. The molecule has 0 saturated heterocycles. The Morgan fingerprint density at radius 1 is 1.05 bits per heavy atom. The van der Waals surface area contributed by atoms with Crippen LogP contribution < -0.4 is 4.74 Å². The molecule has 0 fully saturated rings. The third-order valence-electron chi connectivity index (χ3n) is 3.68. The Kier molecular flexibility index (Phi) is 2.97. The number of aryl methyl sites for hydroxylation is 3. The Hall–Kier alpha value is -2.29. The lowest BCUT2D eigenvalue weighted by molar-refractivity contribution is 0.415. The predicted octanol–water partition coefficient (Wildman–Crippen LogP) is 4.43. The summed E-state index contributed by atoms with van der Waals surface area (Å²) in [6.45, 7) is 6.23. The van der Waals surface area contributed by atoms with Gasteiger partial charge in [0.15, 0.2) is 5.58 Å². The van der Waals surface area contributed by atoms with Gasteiger partial charge in [0.1, 0.15) is 11.3 Å². The molecule has 3 nitrogen and oxygen atoms in total. The summed E-state index contributed by atoms with van der Waals surface area (Å²) in [5.41, 5.74) is 6.26. The number of oxazole rings is 1. The van der Waals surface area contributed by atoms with Crippen LogP contribution >= 0.6 is 0 Å². The Morgan fingerprint density at radius 2 is 1.85 bits per heavy atom. The molecule has 3 rings (SSSR count). The average Bonchev–Trinajstić information content (AvgIpc) is 2.91. The van der Waals surface area contributed by atoms with Gasteiger partial charge in [-0.1, -0.05) is 12.1 Å². The summed E-state index contributed by atoms with van der Waals surface area (Å²) in [6.07, 6.45) is 0. The van der Waals surface area contributed by atoms with Crippen LogP contribution in [0.4, 0.5) is 0 Å². The molecule has 0 aliphatic heterocycles. The first-order valence-electron chi connectivity index (χ1n) is 6.62. The van der Waals surface area contributed by atoms with Gasteiger partial charge in [-0.2, -0.15) is 0 Å². The molecule has 0 unspecified atom stereocenters. The molecule has 1 aromatic heterocycles. The van der Waals surface area contributed by atoms with E-state index in [0.717, 1.165) is 28.0 Å². The van der Waals surface area contributed by atoms with Gasteiger partial charge in [0.25, 0.3) is 0 Å². The summed E-state index contributed by atoms with van der Waals surface area (Å²) in [6, 6.07) is 9.89. The highest BCUT2D eigenvalue weighted by molar-refractivity contribution is 5.83. The van der Waals surface area contributed by atoms with Gasteiger partial charge in [0.2, 0.25) is 5.89 Å². The van der Waals surface area contributed by atoms with E-state index >= 15 is 0 Å². The molecular formula is C17H17NO2. The molecule has 0 aliphatic carbocycles. The predicted molar refractivity (Wildman–Crippen MR) is 80.2 cm³/mol. The van der Waals surface area contributed by atoms with Crippen molar-refractivity contribution < 1.29 is 9.15 Å². The fraction of sp³-hybridized carbons (Fsp3) is 0.235. The largest absolute Gasteiger partial charge is 0.497 e. The van der Waals surface area contributed by atoms with E-state index in [0.29, 0.717) is 5.89 Å². The summed E-state index contributed by atoms with van der Waals surface area (Å²) in [4.78, 5) is 4.66. The molecule has 0 saturated carbocycles. The van der Waals surface area contributed by atoms with Crippen LogP contribution in [0.15, 0.2) is 34.7 Å². The maximum atomic E-state index is 5.95. The van der Waals surface area contributed by atoms with Crippen LogP contribution in [-0.4, -0.2) is 12.1 Å². The van der Waals surface area contributed by atoms with Crippen molar-refractivity contribution in [3.63, 3.8) is 0 Å². The van der Waals surface area contributed by atoms with Crippen LogP contribution in [-0.2, 0) is 0 Å². The van der Waals surface area contributed by atoms with Gasteiger partial charge in [0, 0.05) is 5.56 Å². The second kappa shape index (κ2) is 4.67. The van der Waals surface area contributed by atoms with E-state index in [2.05, 4.69) is 31.8 Å². The van der Waals surface area contributed by atoms with Crippen LogP contribution in [0.1, 0.15) is 16.7 Å². The lowest BCUT2D eigenvalue weighted by Gasteiger charge is -2.01. The fourth-order valence-electron chi connectivity index (χ4n) is 2.41. The summed E-state index contributed by atoms with van der Waals surface area (Å²) in [5.74, 6) is 1.44. The zero-order chi connectivity index (χ0) is 14.3. The highest BCUT2D eigenvalue weighted by atomic mass is 16.5. The van der Waals surface area contributed by atoms with Crippen LogP contribution in [0.25, 0.3) is 22.6 Å². The molecule has 0 spiro atoms. The number of ether oxygens (including phenoxy) is 1. The lowest BCUT2D eigenvalue weighted by atomic mass is 10.1. The number of rotatable bonds is 2. The van der Waals surface area contributed by atoms with Gasteiger partial charge < -0.3 is 9.15 Å². The smallest absolute Gasteiger partial charge is 0.227 e. The molecule has 0 radical (unpaired) electrons. The first-order chi connectivity index (χ1) is 9.60.